The molecule has 0 fully saturated rings. The van der Waals surface area contributed by atoms with E-state index in [0.717, 1.165) is 11.3 Å². The van der Waals surface area contributed by atoms with Crippen LogP contribution in [-0.2, 0) is 4.74 Å². The molecule has 2 aromatic rings. The summed E-state index contributed by atoms with van der Waals surface area (Å²) < 4.78 is 10.7. The third-order valence-corrected chi connectivity index (χ3v) is 3.08. The van der Waals surface area contributed by atoms with Crippen molar-refractivity contribution in [1.82, 2.24) is 0 Å². The van der Waals surface area contributed by atoms with Gasteiger partial charge in [-0.2, -0.15) is 0 Å². The monoisotopic (exact) mass is 243 g/mol. The SMILES string of the molecule is CN(C)c1ccc2c(c1)C(=O)OC2c1ccco1. The minimum atomic E-state index is -0.418. The second-order valence-corrected chi connectivity index (χ2v) is 4.47. The van der Waals surface area contributed by atoms with E-state index in [0.29, 0.717) is 11.3 Å². The van der Waals surface area contributed by atoms with Crippen LogP contribution in [0.4, 0.5) is 5.69 Å². The minimum Gasteiger partial charge on any atom is -0.465 e. The molecule has 4 nitrogen and oxygen atoms in total. The number of hydrogen-bond acceptors (Lipinski definition) is 4. The Kier molecular flexibility index (Phi) is 2.37. The average Bonchev–Trinajstić information content (AvgIpc) is 2.97. The molecule has 1 aromatic heterocycles. The van der Waals surface area contributed by atoms with Crippen molar-refractivity contribution in [2.24, 2.45) is 0 Å². The molecule has 4 heteroatoms. The molecule has 0 bridgehead atoms. The Morgan fingerprint density at radius 2 is 2.06 bits per heavy atom. The van der Waals surface area contributed by atoms with E-state index in [4.69, 9.17) is 9.15 Å². The summed E-state index contributed by atoms with van der Waals surface area (Å²) in [7, 11) is 3.87. The summed E-state index contributed by atoms with van der Waals surface area (Å²) in [5.41, 5.74) is 2.45. The van der Waals surface area contributed by atoms with Crippen LogP contribution >= 0.6 is 0 Å². The van der Waals surface area contributed by atoms with Gasteiger partial charge in [0.1, 0.15) is 5.76 Å². The maximum Gasteiger partial charge on any atom is 0.339 e. The molecule has 0 spiro atoms. The molecule has 1 unspecified atom stereocenters. The van der Waals surface area contributed by atoms with E-state index in [1.807, 2.05) is 43.3 Å². The average molecular weight is 243 g/mol. The zero-order chi connectivity index (χ0) is 12.7. The van der Waals surface area contributed by atoms with Crippen molar-refractivity contribution in [2.75, 3.05) is 19.0 Å². The molecule has 0 radical (unpaired) electrons. The van der Waals surface area contributed by atoms with Crippen molar-refractivity contribution in [2.45, 2.75) is 6.10 Å². The molecule has 0 N–H and O–H groups in total. The highest BCUT2D eigenvalue weighted by Crippen LogP contribution is 2.37. The molecule has 1 aromatic carbocycles. The lowest BCUT2D eigenvalue weighted by molar-refractivity contribution is 0.0421. The van der Waals surface area contributed by atoms with Crippen molar-refractivity contribution < 1.29 is 13.9 Å². The molecule has 0 aliphatic carbocycles. The summed E-state index contributed by atoms with van der Waals surface area (Å²) in [6.45, 7) is 0. The number of anilines is 1. The molecule has 0 saturated heterocycles. The fourth-order valence-corrected chi connectivity index (χ4v) is 2.11. The number of ether oxygens (including phenoxy) is 1. The number of furan rings is 1. The van der Waals surface area contributed by atoms with E-state index in [2.05, 4.69) is 0 Å². The molecule has 0 saturated carbocycles. The first-order chi connectivity index (χ1) is 8.66. The Morgan fingerprint density at radius 3 is 2.72 bits per heavy atom. The molecule has 2 heterocycles. The summed E-state index contributed by atoms with van der Waals surface area (Å²) in [4.78, 5) is 13.8. The minimum absolute atomic E-state index is 0.296. The zero-order valence-corrected chi connectivity index (χ0v) is 10.2. The van der Waals surface area contributed by atoms with Crippen molar-refractivity contribution in [1.29, 1.82) is 0 Å². The van der Waals surface area contributed by atoms with Gasteiger partial charge in [0.25, 0.3) is 0 Å². The molecule has 3 rings (SSSR count). The van der Waals surface area contributed by atoms with Crippen LogP contribution in [0.25, 0.3) is 0 Å². The van der Waals surface area contributed by atoms with Crippen LogP contribution in [-0.4, -0.2) is 20.1 Å². The van der Waals surface area contributed by atoms with Crippen LogP contribution in [0.1, 0.15) is 27.8 Å². The van der Waals surface area contributed by atoms with Crippen LogP contribution in [0.5, 0.6) is 0 Å². The molecule has 1 atom stereocenters. The largest absolute Gasteiger partial charge is 0.465 e. The molecule has 18 heavy (non-hydrogen) atoms. The quantitative estimate of drug-likeness (QED) is 0.760. The second-order valence-electron chi connectivity index (χ2n) is 4.47. The van der Waals surface area contributed by atoms with Crippen LogP contribution < -0.4 is 4.90 Å². The summed E-state index contributed by atoms with van der Waals surface area (Å²) in [6.07, 6.45) is 1.16. The lowest BCUT2D eigenvalue weighted by Crippen LogP contribution is -2.09. The van der Waals surface area contributed by atoms with E-state index < -0.39 is 6.10 Å². The Balaban J connectivity index is 2.07. The first-order valence-corrected chi connectivity index (χ1v) is 5.72. The van der Waals surface area contributed by atoms with Crippen molar-refractivity contribution in [3.63, 3.8) is 0 Å². The van der Waals surface area contributed by atoms with Gasteiger partial charge in [-0.25, -0.2) is 4.79 Å². The third-order valence-electron chi connectivity index (χ3n) is 3.08. The lowest BCUT2D eigenvalue weighted by Gasteiger charge is -2.13. The third kappa shape index (κ3) is 1.57. The van der Waals surface area contributed by atoms with Crippen LogP contribution in [0.15, 0.2) is 41.0 Å². The number of benzene rings is 1. The highest BCUT2D eigenvalue weighted by atomic mass is 16.6. The lowest BCUT2D eigenvalue weighted by atomic mass is 10.0. The molecular formula is C14H13NO3. The fraction of sp³-hybridized carbons (Fsp3) is 0.214. The summed E-state index contributed by atoms with van der Waals surface area (Å²) >= 11 is 0. The predicted molar refractivity (Wildman–Crippen MR) is 66.7 cm³/mol. The maximum atomic E-state index is 11.9. The van der Waals surface area contributed by atoms with Gasteiger partial charge in [0, 0.05) is 25.3 Å². The van der Waals surface area contributed by atoms with Gasteiger partial charge in [-0.15, -0.1) is 0 Å². The predicted octanol–water partition coefficient (Wildman–Crippen LogP) is 2.61. The van der Waals surface area contributed by atoms with Crippen molar-refractivity contribution >= 4 is 11.7 Å². The van der Waals surface area contributed by atoms with Gasteiger partial charge in [-0.3, -0.25) is 0 Å². The summed E-state index contributed by atoms with van der Waals surface area (Å²) in [6, 6.07) is 9.34. The number of fused-ring (bicyclic) bond motifs is 1. The number of carbonyl (C=O) groups is 1. The molecular weight excluding hydrogens is 230 g/mol. The van der Waals surface area contributed by atoms with Gasteiger partial charge in [-0.1, -0.05) is 6.07 Å². The van der Waals surface area contributed by atoms with Crippen molar-refractivity contribution in [3.05, 3.63) is 53.5 Å². The molecule has 92 valence electrons. The van der Waals surface area contributed by atoms with Crippen LogP contribution in [0, 0.1) is 0 Å². The van der Waals surface area contributed by atoms with Gasteiger partial charge < -0.3 is 14.1 Å². The number of hydrogen-bond donors (Lipinski definition) is 0. The Hall–Kier alpha value is -2.23. The number of cyclic esters (lactones) is 1. The Bertz CT molecular complexity index is 587. The van der Waals surface area contributed by atoms with Crippen LogP contribution in [0.3, 0.4) is 0 Å². The normalized spacial score (nSPS) is 17.4. The molecule has 1 aliphatic heterocycles. The van der Waals surface area contributed by atoms with E-state index in [1.54, 1.807) is 12.3 Å². The second kappa shape index (κ2) is 3.91. The fourth-order valence-electron chi connectivity index (χ4n) is 2.11. The van der Waals surface area contributed by atoms with E-state index in [-0.39, 0.29) is 5.97 Å². The summed E-state index contributed by atoms with van der Waals surface area (Å²) in [5, 5.41) is 0. The maximum absolute atomic E-state index is 11.9. The van der Waals surface area contributed by atoms with Crippen molar-refractivity contribution in [3.8, 4) is 0 Å². The van der Waals surface area contributed by atoms with Gasteiger partial charge >= 0.3 is 5.97 Å². The topological polar surface area (TPSA) is 42.7 Å². The van der Waals surface area contributed by atoms with Gasteiger partial charge in [0.2, 0.25) is 0 Å². The van der Waals surface area contributed by atoms with Crippen LogP contribution in [0.2, 0.25) is 0 Å². The number of carbonyl (C=O) groups excluding carboxylic acids is 1. The number of rotatable bonds is 2. The first kappa shape index (κ1) is 10.9. The Labute approximate surface area is 105 Å². The molecule has 1 aliphatic rings. The number of nitrogens with zero attached hydrogens (tertiary/aromatic N) is 1. The van der Waals surface area contributed by atoms with Gasteiger partial charge in [0.05, 0.1) is 11.8 Å². The van der Waals surface area contributed by atoms with Gasteiger partial charge in [0.15, 0.2) is 6.10 Å². The standard InChI is InChI=1S/C14H13NO3/c1-15(2)9-5-6-10-11(8-9)14(16)18-13(10)12-4-3-7-17-12/h3-8,13H,1-2H3. The molecule has 0 amide bonds. The summed E-state index contributed by atoms with van der Waals surface area (Å²) in [5.74, 6) is 0.356. The highest BCUT2D eigenvalue weighted by Gasteiger charge is 2.34. The van der Waals surface area contributed by atoms with E-state index >= 15 is 0 Å². The smallest absolute Gasteiger partial charge is 0.339 e. The van der Waals surface area contributed by atoms with E-state index in [1.165, 1.54) is 0 Å². The number of esters is 1. The highest BCUT2D eigenvalue weighted by molar-refractivity contribution is 5.95. The van der Waals surface area contributed by atoms with E-state index in [9.17, 15) is 4.79 Å². The zero-order valence-electron chi connectivity index (χ0n) is 10.2. The first-order valence-electron chi connectivity index (χ1n) is 5.72. The Morgan fingerprint density at radius 1 is 1.22 bits per heavy atom. The van der Waals surface area contributed by atoms with Gasteiger partial charge in [-0.05, 0) is 24.3 Å².